The lowest BCUT2D eigenvalue weighted by atomic mass is 9.54. The molecule has 0 N–H and O–H groups in total. The van der Waals surface area contributed by atoms with E-state index in [9.17, 15) is 0 Å². The minimum atomic E-state index is -1.73. The van der Waals surface area contributed by atoms with Crippen LogP contribution in [0.1, 0.15) is 23.2 Å². The number of hydrogen-bond donors (Lipinski definition) is 0. The van der Waals surface area contributed by atoms with Crippen molar-refractivity contribution >= 4 is 23.9 Å². The average molecular weight is 440 g/mol. The number of fused-ring (bicyclic) bond motifs is 4. The van der Waals surface area contributed by atoms with Gasteiger partial charge in [0.2, 0.25) is 0 Å². The number of hydrogen-bond acceptors (Lipinski definition) is 1. The number of nitrogens with zero attached hydrogens (tertiary/aromatic N) is 2. The fraction of sp³-hybridized carbons (Fsp3) is 0.100. The molecule has 34 heavy (non-hydrogen) atoms. The van der Waals surface area contributed by atoms with Crippen molar-refractivity contribution in [3.8, 4) is 11.3 Å². The summed E-state index contributed by atoms with van der Waals surface area (Å²) in [6, 6.07) is 34.9. The highest BCUT2D eigenvalue weighted by Crippen LogP contribution is 2.42. The molecule has 0 saturated carbocycles. The van der Waals surface area contributed by atoms with E-state index in [4.69, 9.17) is 4.65 Å². The molecule has 0 radical (unpaired) electrons. The van der Waals surface area contributed by atoms with Gasteiger partial charge in [-0.05, 0) is 41.7 Å². The molecule has 0 saturated heterocycles. The zero-order valence-electron chi connectivity index (χ0n) is 19.0. The minimum absolute atomic E-state index is 0.693. The number of benzene rings is 3. The third-order valence-corrected chi connectivity index (χ3v) is 7.47. The minimum Gasteiger partial charge on any atom is -0.507 e. The molecule has 1 atom stereocenters. The van der Waals surface area contributed by atoms with Crippen molar-refractivity contribution in [2.75, 3.05) is 6.61 Å². The van der Waals surface area contributed by atoms with E-state index in [0.29, 0.717) is 6.61 Å². The Morgan fingerprint density at radius 1 is 0.765 bits per heavy atom. The lowest BCUT2D eigenvalue weighted by Gasteiger charge is -2.44. The van der Waals surface area contributed by atoms with Crippen LogP contribution in [-0.2, 0) is 11.1 Å². The Kier molecular flexibility index (Phi) is 4.36. The molecule has 164 valence electrons. The molecule has 4 aromatic rings. The fourth-order valence-electron chi connectivity index (χ4n) is 6.08. The zero-order valence-corrected chi connectivity index (χ0v) is 19.0. The highest BCUT2D eigenvalue weighted by atomic mass is 16.5. The molecule has 0 fully saturated rings. The van der Waals surface area contributed by atoms with Gasteiger partial charge >= 0.3 is 6.62 Å². The molecule has 0 bridgehead atoms. The number of rotatable bonds is 2. The molecule has 3 aromatic carbocycles. The van der Waals surface area contributed by atoms with Crippen LogP contribution in [0.2, 0.25) is 0 Å². The van der Waals surface area contributed by atoms with Crippen molar-refractivity contribution in [2.45, 2.75) is 12.8 Å². The first-order valence-corrected chi connectivity index (χ1v) is 12.1. The molecular weight excluding hydrogens is 415 g/mol. The fourth-order valence-corrected chi connectivity index (χ4v) is 6.08. The maximum absolute atomic E-state index is 7.08. The van der Waals surface area contributed by atoms with Crippen molar-refractivity contribution in [1.82, 2.24) is 4.48 Å². The molecular formula is C30H25BN2O. The quantitative estimate of drug-likeness (QED) is 0.390. The van der Waals surface area contributed by atoms with E-state index in [2.05, 4.69) is 124 Å². The molecule has 0 unspecified atom stereocenters. The van der Waals surface area contributed by atoms with Gasteiger partial charge in [0.1, 0.15) is 6.21 Å². The molecule has 0 aliphatic carbocycles. The summed E-state index contributed by atoms with van der Waals surface area (Å²) < 4.78 is 12.0. The Labute approximate surface area is 200 Å². The van der Waals surface area contributed by atoms with Crippen LogP contribution in [0.3, 0.4) is 0 Å². The maximum atomic E-state index is 7.08. The van der Waals surface area contributed by atoms with Gasteiger partial charge in [-0.2, -0.15) is 0 Å². The third kappa shape index (κ3) is 2.66. The summed E-state index contributed by atoms with van der Waals surface area (Å²) in [5.74, 6) is 0. The van der Waals surface area contributed by atoms with Gasteiger partial charge in [0, 0.05) is 30.1 Å². The Balaban J connectivity index is 1.63. The molecule has 4 heterocycles. The number of aryl methyl sites for hydroxylation is 1. The molecule has 0 spiro atoms. The van der Waals surface area contributed by atoms with Crippen molar-refractivity contribution in [3.63, 3.8) is 0 Å². The molecule has 3 aliphatic rings. The first kappa shape index (κ1) is 19.6. The summed E-state index contributed by atoms with van der Waals surface area (Å²) in [6.07, 6.45) is 8.57. The second-order valence-corrected chi connectivity index (χ2v) is 9.26. The molecule has 0 amide bonds. The van der Waals surface area contributed by atoms with Gasteiger partial charge in [0.25, 0.3) is 0 Å². The number of allylic oxidation sites excluding steroid dienone is 2. The lowest BCUT2D eigenvalue weighted by Crippen LogP contribution is -2.67. The summed E-state index contributed by atoms with van der Waals surface area (Å²) in [6.45, 7) is -1.04. The van der Waals surface area contributed by atoms with Crippen LogP contribution in [0.25, 0.3) is 16.8 Å². The first-order valence-electron chi connectivity index (χ1n) is 12.1. The average Bonchev–Trinajstić information content (AvgIpc) is 3.56. The van der Waals surface area contributed by atoms with E-state index < -0.39 is 6.62 Å². The van der Waals surface area contributed by atoms with E-state index in [-0.39, 0.29) is 0 Å². The topological polar surface area (TPSA) is 17.2 Å². The van der Waals surface area contributed by atoms with Crippen LogP contribution >= 0.6 is 0 Å². The van der Waals surface area contributed by atoms with Gasteiger partial charge < -0.3 is 13.6 Å². The predicted octanol–water partition coefficient (Wildman–Crippen LogP) is 5.24. The first-order chi connectivity index (χ1) is 16.9. The largest absolute Gasteiger partial charge is 0.544 e. The smallest absolute Gasteiger partial charge is 0.507 e. The van der Waals surface area contributed by atoms with Gasteiger partial charge in [-0.25, -0.2) is 0 Å². The van der Waals surface area contributed by atoms with Crippen LogP contribution in [0, 0.1) is 0 Å². The monoisotopic (exact) mass is 440 g/mol. The standard InChI is InChI=1S/C30H25BN2O/c1-3-12-24(13-4-1)30-28-18-9-21-32(28)31(25-15-5-2-6-16-25)33-27(19-20-29(30)33)26-17-8-7-11-23(26)14-10-22-34-31/h1-9,11-13,15-21H,10,14,22H2/t31-/m0/s1. The molecule has 1 aromatic heterocycles. The lowest BCUT2D eigenvalue weighted by molar-refractivity contribution is -0.348. The van der Waals surface area contributed by atoms with Gasteiger partial charge in [-0.1, -0.05) is 90.4 Å². The van der Waals surface area contributed by atoms with Crippen LogP contribution in [-0.4, -0.2) is 28.4 Å². The van der Waals surface area contributed by atoms with Crippen LogP contribution < -0.4 is 5.46 Å². The Morgan fingerprint density at radius 2 is 1.50 bits per heavy atom. The summed E-state index contributed by atoms with van der Waals surface area (Å²) in [7, 11) is 0. The van der Waals surface area contributed by atoms with E-state index in [1.165, 1.54) is 44.8 Å². The SMILES string of the molecule is C1=CC2=C(c3ccccc3)c3ccc4n3[B@@-](c3ccccc3)(OCCCc3ccccc3-4)[N+]2=C1. The van der Waals surface area contributed by atoms with Gasteiger partial charge in [0.05, 0.1) is 5.57 Å². The highest BCUT2D eigenvalue weighted by molar-refractivity contribution is 6.79. The van der Waals surface area contributed by atoms with E-state index in [1.54, 1.807) is 0 Å². The molecule has 4 heteroatoms. The summed E-state index contributed by atoms with van der Waals surface area (Å²) >= 11 is 0. The van der Waals surface area contributed by atoms with E-state index >= 15 is 0 Å². The Morgan fingerprint density at radius 3 is 2.35 bits per heavy atom. The Bertz CT molecular complexity index is 1500. The molecule has 3 aliphatic heterocycles. The van der Waals surface area contributed by atoms with Gasteiger partial charge in [-0.3, -0.25) is 0 Å². The van der Waals surface area contributed by atoms with Crippen LogP contribution in [0.5, 0.6) is 0 Å². The highest BCUT2D eigenvalue weighted by Gasteiger charge is 2.53. The van der Waals surface area contributed by atoms with Crippen molar-refractivity contribution in [3.05, 3.63) is 132 Å². The van der Waals surface area contributed by atoms with E-state index in [0.717, 1.165) is 12.8 Å². The van der Waals surface area contributed by atoms with Crippen molar-refractivity contribution in [2.24, 2.45) is 0 Å². The van der Waals surface area contributed by atoms with Crippen molar-refractivity contribution in [1.29, 1.82) is 0 Å². The third-order valence-electron chi connectivity index (χ3n) is 7.47. The van der Waals surface area contributed by atoms with Gasteiger partial charge in [-0.15, -0.1) is 0 Å². The molecule has 3 nitrogen and oxygen atoms in total. The van der Waals surface area contributed by atoms with Crippen LogP contribution in [0.15, 0.2) is 115 Å². The second kappa shape index (κ2) is 7.58. The van der Waals surface area contributed by atoms with Gasteiger partial charge in [0.15, 0.2) is 5.70 Å². The summed E-state index contributed by atoms with van der Waals surface area (Å²) in [4.78, 5) is 0. The molecule has 7 rings (SSSR count). The second-order valence-electron chi connectivity index (χ2n) is 9.26. The normalized spacial score (nSPS) is 20.5. The zero-order chi connectivity index (χ0) is 22.5. The van der Waals surface area contributed by atoms with Crippen LogP contribution in [0.4, 0.5) is 0 Å². The predicted molar refractivity (Wildman–Crippen MR) is 139 cm³/mol. The summed E-state index contributed by atoms with van der Waals surface area (Å²) in [5.41, 5.74) is 9.93. The number of aromatic nitrogens is 1. The van der Waals surface area contributed by atoms with E-state index in [1.807, 2.05) is 0 Å². The van der Waals surface area contributed by atoms with Crippen molar-refractivity contribution < 1.29 is 9.14 Å². The Hall–Kier alpha value is -3.89. The maximum Gasteiger partial charge on any atom is 0.544 e. The summed E-state index contributed by atoms with van der Waals surface area (Å²) in [5, 5.41) is 0.